The third-order valence-corrected chi connectivity index (χ3v) is 10.2. The fraction of sp³-hybridized carbons (Fsp3) is 0.355. The molecule has 2 aromatic carbocycles. The highest BCUT2D eigenvalue weighted by Gasteiger charge is 2.50. The lowest BCUT2D eigenvalue weighted by Gasteiger charge is -2.54. The molecule has 1 N–H and O–H groups in total. The first-order valence-corrected chi connectivity index (χ1v) is 15.2. The Hall–Kier alpha value is -4.03. The summed E-state index contributed by atoms with van der Waals surface area (Å²) in [5.41, 5.74) is -0.263. The van der Waals surface area contributed by atoms with Crippen LogP contribution in [0.2, 0.25) is 0 Å². The van der Waals surface area contributed by atoms with E-state index in [1.165, 1.54) is 28.7 Å². The number of rotatable bonds is 2. The van der Waals surface area contributed by atoms with Gasteiger partial charge >= 0.3 is 0 Å². The number of ether oxygens (including phenoxy) is 3. The number of fused-ring (bicyclic) bond motifs is 8. The van der Waals surface area contributed by atoms with Gasteiger partial charge in [-0.15, -0.1) is 11.8 Å². The SMILES string of the molecule is O=C1c2c(O)c(=O)ccn2N2CN1C1(/C=C/COc3cc(F)c(F)c4c3C2c2cccc(OC3COC3)c2SC4)CCC1. The van der Waals surface area contributed by atoms with Gasteiger partial charge in [-0.3, -0.25) is 19.3 Å². The smallest absolute Gasteiger partial charge is 0.278 e. The van der Waals surface area contributed by atoms with Crippen molar-refractivity contribution in [3.8, 4) is 17.2 Å². The van der Waals surface area contributed by atoms with Gasteiger partial charge < -0.3 is 24.2 Å². The molecule has 1 unspecified atom stereocenters. The predicted octanol–water partition coefficient (Wildman–Crippen LogP) is 4.23. The normalized spacial score (nSPS) is 22.6. The van der Waals surface area contributed by atoms with Crippen molar-refractivity contribution in [3.05, 3.63) is 92.9 Å². The highest BCUT2D eigenvalue weighted by molar-refractivity contribution is 7.98. The highest BCUT2D eigenvalue weighted by Crippen LogP contribution is 2.51. The van der Waals surface area contributed by atoms with Crippen LogP contribution in [0, 0.1) is 11.6 Å². The van der Waals surface area contributed by atoms with E-state index in [-0.39, 0.29) is 42.1 Å². The average molecular weight is 608 g/mol. The molecule has 1 saturated heterocycles. The fourth-order valence-electron chi connectivity index (χ4n) is 6.65. The molecule has 12 heteroatoms. The topological polar surface area (TPSA) is 93.5 Å². The number of aromatic hydroxyl groups is 1. The van der Waals surface area contributed by atoms with Gasteiger partial charge in [-0.1, -0.05) is 18.2 Å². The molecule has 5 aliphatic rings. The number of amides is 1. The van der Waals surface area contributed by atoms with Crippen molar-refractivity contribution < 1.29 is 32.9 Å². The largest absolute Gasteiger partial charge is 0.502 e. The van der Waals surface area contributed by atoms with Crippen LogP contribution in [-0.2, 0) is 10.5 Å². The minimum absolute atomic E-state index is 0.0483. The Morgan fingerprint density at radius 1 is 1.14 bits per heavy atom. The van der Waals surface area contributed by atoms with Crippen molar-refractivity contribution in [2.45, 2.75) is 47.6 Å². The van der Waals surface area contributed by atoms with Gasteiger partial charge in [0.2, 0.25) is 5.43 Å². The van der Waals surface area contributed by atoms with Crippen molar-refractivity contribution in [1.82, 2.24) is 9.58 Å². The standard InChI is InChI=1S/C31H27F2N3O6S/c32-20-12-23-24-19(25(20)33)15-43-29-18(4-1-5-22(29)42-17-13-40-14-17)26(24)36-16-34(31(7-2-8-31)9-3-11-41-23)30(39)27-28(38)21(37)6-10-35(27)36/h1,3-6,9-10,12,17,26,38H,2,7-8,11,13-16H2/b9-3+. The molecule has 1 spiro atoms. The predicted molar refractivity (Wildman–Crippen MR) is 152 cm³/mol. The molecule has 8 rings (SSSR count). The number of halogens is 2. The minimum atomic E-state index is -1.02. The molecule has 3 aromatic rings. The maximum absolute atomic E-state index is 15.8. The van der Waals surface area contributed by atoms with Crippen LogP contribution < -0.4 is 19.9 Å². The Kier molecular flexibility index (Phi) is 6.03. The maximum Gasteiger partial charge on any atom is 0.278 e. The monoisotopic (exact) mass is 607 g/mol. The number of thioether (sulfide) groups is 1. The molecule has 2 bridgehead atoms. The van der Waals surface area contributed by atoms with E-state index in [1.54, 1.807) is 11.0 Å². The number of benzene rings is 2. The fourth-order valence-corrected chi connectivity index (χ4v) is 7.83. The van der Waals surface area contributed by atoms with Crippen LogP contribution in [-0.4, -0.2) is 58.7 Å². The van der Waals surface area contributed by atoms with E-state index in [9.17, 15) is 14.7 Å². The van der Waals surface area contributed by atoms with Crippen LogP contribution in [0.25, 0.3) is 0 Å². The van der Waals surface area contributed by atoms with E-state index >= 15 is 8.78 Å². The lowest BCUT2D eigenvalue weighted by Crippen LogP contribution is -2.64. The van der Waals surface area contributed by atoms with E-state index < -0.39 is 40.3 Å². The number of carbonyl (C=O) groups is 1. The lowest BCUT2D eigenvalue weighted by molar-refractivity contribution is -0.0807. The Labute approximate surface area is 249 Å². The second kappa shape index (κ2) is 9.75. The van der Waals surface area contributed by atoms with E-state index in [0.29, 0.717) is 37.4 Å². The van der Waals surface area contributed by atoms with Crippen LogP contribution in [0.5, 0.6) is 17.2 Å². The number of hydrogen-bond acceptors (Lipinski definition) is 8. The number of aromatic nitrogens is 1. The van der Waals surface area contributed by atoms with Crippen molar-refractivity contribution in [2.75, 3.05) is 31.5 Å². The maximum atomic E-state index is 15.8. The molecule has 1 amide bonds. The first kappa shape index (κ1) is 26.6. The molecule has 9 nitrogen and oxygen atoms in total. The van der Waals surface area contributed by atoms with Gasteiger partial charge in [0.1, 0.15) is 36.9 Å². The molecule has 222 valence electrons. The molecular weight excluding hydrogens is 580 g/mol. The second-order valence-corrected chi connectivity index (χ2v) is 12.4. The quantitative estimate of drug-likeness (QED) is 0.433. The molecule has 1 aromatic heterocycles. The molecule has 43 heavy (non-hydrogen) atoms. The number of pyridine rings is 1. The zero-order valence-corrected chi connectivity index (χ0v) is 23.7. The third kappa shape index (κ3) is 3.92. The Morgan fingerprint density at radius 3 is 2.72 bits per heavy atom. The van der Waals surface area contributed by atoms with Crippen LogP contribution >= 0.6 is 11.8 Å². The molecule has 0 radical (unpaired) electrons. The van der Waals surface area contributed by atoms with Crippen molar-refractivity contribution in [2.24, 2.45) is 0 Å². The summed E-state index contributed by atoms with van der Waals surface area (Å²) in [6, 6.07) is 7.03. The summed E-state index contributed by atoms with van der Waals surface area (Å²) < 4.78 is 50.1. The molecule has 4 aliphatic heterocycles. The van der Waals surface area contributed by atoms with Crippen LogP contribution in [0.4, 0.5) is 8.78 Å². The first-order chi connectivity index (χ1) is 20.9. The number of carbonyl (C=O) groups excluding carboxylic acids is 1. The molecule has 2 fully saturated rings. The van der Waals surface area contributed by atoms with Crippen molar-refractivity contribution in [1.29, 1.82) is 0 Å². The van der Waals surface area contributed by atoms with Gasteiger partial charge in [0.15, 0.2) is 23.1 Å². The summed E-state index contributed by atoms with van der Waals surface area (Å²) in [5.74, 6) is -2.28. The average Bonchev–Trinajstić information content (AvgIpc) is 3.13. The zero-order chi connectivity index (χ0) is 29.5. The summed E-state index contributed by atoms with van der Waals surface area (Å²) >= 11 is 1.34. The number of hydrogen-bond donors (Lipinski definition) is 1. The lowest BCUT2D eigenvalue weighted by atomic mass is 9.74. The molecule has 1 aliphatic carbocycles. The summed E-state index contributed by atoms with van der Waals surface area (Å²) in [7, 11) is 0. The van der Waals surface area contributed by atoms with Gasteiger partial charge in [-0.2, -0.15) is 0 Å². The van der Waals surface area contributed by atoms with Crippen LogP contribution in [0.1, 0.15) is 52.5 Å². The summed E-state index contributed by atoms with van der Waals surface area (Å²) in [6.45, 7) is 1.03. The van der Waals surface area contributed by atoms with Gasteiger partial charge in [0.05, 0.1) is 23.6 Å². The van der Waals surface area contributed by atoms with Gasteiger partial charge in [0, 0.05) is 35.2 Å². The van der Waals surface area contributed by atoms with Crippen molar-refractivity contribution in [3.63, 3.8) is 0 Å². The summed E-state index contributed by atoms with van der Waals surface area (Å²) in [6.07, 6.45) is 7.28. The molecule has 1 saturated carbocycles. The Morgan fingerprint density at radius 2 is 1.98 bits per heavy atom. The molecule has 1 atom stereocenters. The first-order valence-electron chi connectivity index (χ1n) is 14.2. The molecule has 5 heterocycles. The van der Waals surface area contributed by atoms with E-state index in [0.717, 1.165) is 22.9 Å². The summed E-state index contributed by atoms with van der Waals surface area (Å²) in [5, 5.41) is 12.8. The highest BCUT2D eigenvalue weighted by atomic mass is 32.2. The number of nitrogens with zero attached hydrogens (tertiary/aromatic N) is 3. The van der Waals surface area contributed by atoms with Gasteiger partial charge in [-0.05, 0) is 37.0 Å². The second-order valence-electron chi connectivity index (χ2n) is 11.4. The zero-order valence-electron chi connectivity index (χ0n) is 22.9. The van der Waals surface area contributed by atoms with E-state index in [1.807, 2.05) is 29.3 Å². The van der Waals surface area contributed by atoms with E-state index in [4.69, 9.17) is 14.2 Å². The van der Waals surface area contributed by atoms with Gasteiger partial charge in [0.25, 0.3) is 5.91 Å². The van der Waals surface area contributed by atoms with Crippen molar-refractivity contribution >= 4 is 17.7 Å². The van der Waals surface area contributed by atoms with E-state index in [2.05, 4.69) is 0 Å². The van der Waals surface area contributed by atoms with Gasteiger partial charge in [-0.25, -0.2) is 8.78 Å². The van der Waals surface area contributed by atoms with Crippen LogP contribution in [0.3, 0.4) is 0 Å². The Bertz CT molecular complexity index is 1770. The minimum Gasteiger partial charge on any atom is -0.502 e. The summed E-state index contributed by atoms with van der Waals surface area (Å²) in [4.78, 5) is 29.1. The van der Waals surface area contributed by atoms with Crippen LogP contribution in [0.15, 0.2) is 58.4 Å². The third-order valence-electron chi connectivity index (χ3n) is 9.05. The molecular formula is C31H27F2N3O6S. The Balaban J connectivity index is 1.43.